The summed E-state index contributed by atoms with van der Waals surface area (Å²) in [5.41, 5.74) is 4.35. The zero-order valence-electron chi connectivity index (χ0n) is 15.1. The van der Waals surface area contributed by atoms with Gasteiger partial charge in [0.15, 0.2) is 5.84 Å². The first-order chi connectivity index (χ1) is 13.2. The summed E-state index contributed by atoms with van der Waals surface area (Å²) < 4.78 is 0. The second-order valence-electron chi connectivity index (χ2n) is 6.02. The van der Waals surface area contributed by atoms with Crippen molar-refractivity contribution in [1.82, 2.24) is 0 Å². The lowest BCUT2D eigenvalue weighted by Gasteiger charge is -2.11. The molecule has 0 saturated carbocycles. The first-order valence-electron chi connectivity index (χ1n) is 8.67. The molecule has 0 bridgehead atoms. The van der Waals surface area contributed by atoms with Crippen LogP contribution in [0.25, 0.3) is 11.1 Å². The third-order valence-corrected chi connectivity index (χ3v) is 4.38. The lowest BCUT2D eigenvalue weighted by atomic mass is 10.0. The van der Waals surface area contributed by atoms with Crippen LogP contribution < -0.4 is 0 Å². The molecule has 0 heterocycles. The standard InChI is InChI=1S/C23H20ClN3/c1-17(18-13-15-20(16-14-18)19-9-5-3-6-10-19)26-22(27-23(24)25-2)21-11-7-4-8-12-21/h3-17H,2H2,1H3. The van der Waals surface area contributed by atoms with Crippen molar-refractivity contribution in [3.8, 4) is 11.1 Å². The van der Waals surface area contributed by atoms with Crippen LogP contribution in [0.2, 0.25) is 0 Å². The molecular formula is C23H20ClN3. The number of amidine groups is 2. The molecule has 0 N–H and O–H groups in total. The van der Waals surface area contributed by atoms with E-state index in [1.54, 1.807) is 0 Å². The Kier molecular flexibility index (Phi) is 6.29. The molecule has 134 valence electrons. The highest BCUT2D eigenvalue weighted by Crippen LogP contribution is 2.24. The Bertz CT molecular complexity index is 946. The van der Waals surface area contributed by atoms with E-state index in [1.165, 1.54) is 11.1 Å². The van der Waals surface area contributed by atoms with E-state index >= 15 is 0 Å². The number of hydrogen-bond donors (Lipinski definition) is 0. The molecule has 3 rings (SSSR count). The highest BCUT2D eigenvalue weighted by Gasteiger charge is 2.09. The number of nitrogens with zero attached hydrogens (tertiary/aromatic N) is 3. The second-order valence-corrected chi connectivity index (χ2v) is 6.36. The smallest absolute Gasteiger partial charge is 0.223 e. The Morgan fingerprint density at radius 1 is 0.815 bits per heavy atom. The first kappa shape index (κ1) is 18.7. The topological polar surface area (TPSA) is 37.1 Å². The maximum atomic E-state index is 5.97. The van der Waals surface area contributed by atoms with Crippen molar-refractivity contribution in [1.29, 1.82) is 0 Å². The van der Waals surface area contributed by atoms with Gasteiger partial charge < -0.3 is 0 Å². The monoisotopic (exact) mass is 373 g/mol. The molecular weight excluding hydrogens is 354 g/mol. The van der Waals surface area contributed by atoms with Crippen LogP contribution >= 0.6 is 11.6 Å². The fourth-order valence-corrected chi connectivity index (χ4v) is 2.80. The lowest BCUT2D eigenvalue weighted by molar-refractivity contribution is 0.819. The maximum absolute atomic E-state index is 5.97. The van der Waals surface area contributed by atoms with E-state index in [2.05, 4.69) is 53.1 Å². The molecule has 0 radical (unpaired) electrons. The van der Waals surface area contributed by atoms with E-state index in [1.807, 2.05) is 55.5 Å². The van der Waals surface area contributed by atoms with E-state index in [0.29, 0.717) is 5.84 Å². The van der Waals surface area contributed by atoms with E-state index in [4.69, 9.17) is 16.6 Å². The Morgan fingerprint density at radius 2 is 1.37 bits per heavy atom. The van der Waals surface area contributed by atoms with E-state index in [-0.39, 0.29) is 11.3 Å². The molecule has 3 nitrogen and oxygen atoms in total. The van der Waals surface area contributed by atoms with Crippen LogP contribution in [0.5, 0.6) is 0 Å². The third-order valence-electron chi connectivity index (χ3n) is 4.18. The summed E-state index contributed by atoms with van der Waals surface area (Å²) in [7, 11) is 0. The third kappa shape index (κ3) is 4.99. The van der Waals surface area contributed by atoms with Crippen LogP contribution in [-0.2, 0) is 0 Å². The van der Waals surface area contributed by atoms with Gasteiger partial charge in [-0.3, -0.25) is 4.99 Å². The van der Waals surface area contributed by atoms with Gasteiger partial charge in [0.25, 0.3) is 0 Å². The molecule has 0 aliphatic carbocycles. The largest absolute Gasteiger partial charge is 0.258 e. The number of aliphatic imine (C=N–C) groups is 3. The average molecular weight is 374 g/mol. The fraction of sp³-hybridized carbons (Fsp3) is 0.0870. The fourth-order valence-electron chi connectivity index (χ4n) is 2.72. The van der Waals surface area contributed by atoms with Gasteiger partial charge in [0.05, 0.1) is 6.04 Å². The lowest BCUT2D eigenvalue weighted by Crippen LogP contribution is -2.03. The zero-order valence-corrected chi connectivity index (χ0v) is 15.8. The molecule has 3 aromatic carbocycles. The van der Waals surface area contributed by atoms with Crippen molar-refractivity contribution in [2.45, 2.75) is 13.0 Å². The number of hydrogen-bond acceptors (Lipinski definition) is 1. The van der Waals surface area contributed by atoms with Crippen molar-refractivity contribution >= 4 is 29.4 Å². The van der Waals surface area contributed by atoms with Gasteiger partial charge in [-0.2, -0.15) is 4.99 Å². The second kappa shape index (κ2) is 9.06. The van der Waals surface area contributed by atoms with Crippen LogP contribution in [0.1, 0.15) is 24.1 Å². The molecule has 0 amide bonds. The minimum absolute atomic E-state index is 0.0734. The van der Waals surface area contributed by atoms with Gasteiger partial charge in [-0.25, -0.2) is 4.99 Å². The van der Waals surface area contributed by atoms with Crippen LogP contribution in [0.3, 0.4) is 0 Å². The van der Waals surface area contributed by atoms with Crippen LogP contribution in [0, 0.1) is 0 Å². The van der Waals surface area contributed by atoms with Gasteiger partial charge in [0.2, 0.25) is 5.29 Å². The molecule has 0 spiro atoms. The summed E-state index contributed by atoms with van der Waals surface area (Å²) in [4.78, 5) is 12.7. The number of benzene rings is 3. The zero-order chi connectivity index (χ0) is 19.1. The predicted molar refractivity (Wildman–Crippen MR) is 116 cm³/mol. The molecule has 1 atom stereocenters. The normalized spacial score (nSPS) is 13.3. The van der Waals surface area contributed by atoms with Gasteiger partial charge in [-0.1, -0.05) is 84.9 Å². The average Bonchev–Trinajstić information content (AvgIpc) is 2.74. The number of halogens is 1. The molecule has 1 unspecified atom stereocenters. The highest BCUT2D eigenvalue weighted by molar-refractivity contribution is 6.66. The Morgan fingerprint density at radius 3 is 1.96 bits per heavy atom. The minimum Gasteiger partial charge on any atom is -0.258 e. The molecule has 0 aliphatic heterocycles. The van der Waals surface area contributed by atoms with E-state index < -0.39 is 0 Å². The van der Waals surface area contributed by atoms with E-state index in [0.717, 1.165) is 11.1 Å². The summed E-state index contributed by atoms with van der Waals surface area (Å²) in [6.07, 6.45) is 0. The van der Waals surface area contributed by atoms with Crippen molar-refractivity contribution in [3.05, 3.63) is 96.1 Å². The van der Waals surface area contributed by atoms with Gasteiger partial charge in [0.1, 0.15) is 0 Å². The van der Waals surface area contributed by atoms with Crippen molar-refractivity contribution < 1.29 is 0 Å². The quantitative estimate of drug-likeness (QED) is 0.298. The molecule has 3 aromatic rings. The Labute approximate surface area is 164 Å². The predicted octanol–water partition coefficient (Wildman–Crippen LogP) is 6.16. The molecule has 0 aliphatic rings. The Hall–Kier alpha value is -3.04. The molecule has 0 aromatic heterocycles. The molecule has 0 fully saturated rings. The summed E-state index contributed by atoms with van der Waals surface area (Å²) >= 11 is 5.97. The maximum Gasteiger partial charge on any atom is 0.223 e. The Balaban J connectivity index is 1.90. The summed E-state index contributed by atoms with van der Waals surface area (Å²) in [6, 6.07) is 28.3. The SMILES string of the molecule is C=NC(Cl)=NC(=NC(C)c1ccc(-c2ccccc2)cc1)c1ccccc1. The van der Waals surface area contributed by atoms with Crippen molar-refractivity contribution in [2.75, 3.05) is 0 Å². The molecule has 4 heteroatoms. The molecule has 0 saturated heterocycles. The minimum atomic E-state index is -0.0805. The summed E-state index contributed by atoms with van der Waals surface area (Å²) in [5, 5.41) is 0.0734. The first-order valence-corrected chi connectivity index (χ1v) is 9.04. The number of rotatable bonds is 4. The van der Waals surface area contributed by atoms with Crippen LogP contribution in [0.15, 0.2) is 99.9 Å². The summed E-state index contributed by atoms with van der Waals surface area (Å²) in [6.45, 7) is 5.45. The van der Waals surface area contributed by atoms with Gasteiger partial charge in [0, 0.05) is 5.56 Å². The van der Waals surface area contributed by atoms with Crippen LogP contribution in [-0.4, -0.2) is 17.8 Å². The van der Waals surface area contributed by atoms with Gasteiger partial charge >= 0.3 is 0 Å². The van der Waals surface area contributed by atoms with Crippen LogP contribution in [0.4, 0.5) is 0 Å². The van der Waals surface area contributed by atoms with Crippen molar-refractivity contribution in [3.63, 3.8) is 0 Å². The summed E-state index contributed by atoms with van der Waals surface area (Å²) in [5.74, 6) is 0.535. The molecule has 27 heavy (non-hydrogen) atoms. The van der Waals surface area contributed by atoms with Gasteiger partial charge in [-0.05, 0) is 41.9 Å². The van der Waals surface area contributed by atoms with Gasteiger partial charge in [-0.15, -0.1) is 0 Å². The highest BCUT2D eigenvalue weighted by atomic mass is 35.5. The van der Waals surface area contributed by atoms with E-state index in [9.17, 15) is 0 Å². The van der Waals surface area contributed by atoms with Crippen molar-refractivity contribution in [2.24, 2.45) is 15.0 Å².